The fourth-order valence-electron chi connectivity index (χ4n) is 1.87. The molecular formula is C13H22F6N5O4P. The van der Waals surface area contributed by atoms with Gasteiger partial charge in [0.2, 0.25) is 0 Å². The molecule has 170 valence electrons. The maximum atomic E-state index is 11.4. The number of carbonyl (C=O) groups is 1. The zero-order valence-electron chi connectivity index (χ0n) is 15.7. The number of carbonyl (C=O) groups excluding carboxylic acids is 1. The summed E-state index contributed by atoms with van der Waals surface area (Å²) in [6.07, 6.45) is 1.72. The molecule has 0 spiro atoms. The van der Waals surface area contributed by atoms with E-state index in [2.05, 4.69) is 20.5 Å². The van der Waals surface area contributed by atoms with Gasteiger partial charge in [0.15, 0.2) is 12.6 Å². The molecule has 9 nitrogen and oxygen atoms in total. The number of nitriles is 1. The zero-order valence-corrected chi connectivity index (χ0v) is 16.6. The molecule has 0 aromatic heterocycles. The van der Waals surface area contributed by atoms with Crippen LogP contribution >= 0.6 is 7.81 Å². The van der Waals surface area contributed by atoms with Gasteiger partial charge in [-0.2, -0.15) is 5.26 Å². The molecule has 29 heavy (non-hydrogen) atoms. The summed E-state index contributed by atoms with van der Waals surface area (Å²) >= 11 is 0. The summed E-state index contributed by atoms with van der Waals surface area (Å²) < 4.78 is 69.2. The summed E-state index contributed by atoms with van der Waals surface area (Å²) in [5.74, 6) is 0.0712. The molecule has 1 saturated heterocycles. The van der Waals surface area contributed by atoms with E-state index in [9.17, 15) is 30.0 Å². The van der Waals surface area contributed by atoms with Gasteiger partial charge in [-0.15, -0.1) is 0 Å². The van der Waals surface area contributed by atoms with Crippen molar-refractivity contribution in [1.29, 1.82) is 5.26 Å². The van der Waals surface area contributed by atoms with E-state index in [1.807, 2.05) is 0 Å². The van der Waals surface area contributed by atoms with Crippen LogP contribution in [0.2, 0.25) is 0 Å². The molecule has 1 rings (SSSR count). The van der Waals surface area contributed by atoms with Crippen LogP contribution in [-0.4, -0.2) is 68.2 Å². The fourth-order valence-corrected chi connectivity index (χ4v) is 1.87. The molecule has 0 atom stereocenters. The first-order valence-corrected chi connectivity index (χ1v) is 9.98. The van der Waals surface area contributed by atoms with E-state index in [1.165, 1.54) is 0 Å². The molecule has 16 heteroatoms. The predicted molar refractivity (Wildman–Crippen MR) is 90.3 cm³/mol. The molecule has 1 fully saturated rings. The van der Waals surface area contributed by atoms with Crippen LogP contribution in [-0.2, 0) is 19.1 Å². The van der Waals surface area contributed by atoms with E-state index >= 15 is 0 Å². The number of ether oxygens (including phenoxy) is 2. The number of nitrogens with zero attached hydrogens (tertiary/aromatic N) is 4. The number of quaternary nitrogens is 1. The van der Waals surface area contributed by atoms with Crippen molar-refractivity contribution in [1.82, 2.24) is 9.80 Å². The van der Waals surface area contributed by atoms with Crippen LogP contribution in [0.5, 0.6) is 0 Å². The van der Waals surface area contributed by atoms with Gasteiger partial charge in [-0.05, 0) is 6.92 Å². The molecule has 1 aliphatic rings. The number of oxime groups is 1. The Morgan fingerprint density at radius 1 is 1.31 bits per heavy atom. The molecule has 0 aliphatic carbocycles. The first-order valence-electron chi connectivity index (χ1n) is 7.95. The number of halogens is 6. The molecule has 1 heterocycles. The summed E-state index contributed by atoms with van der Waals surface area (Å²) in [4.78, 5) is 20.3. The van der Waals surface area contributed by atoms with E-state index in [0.29, 0.717) is 13.2 Å². The minimum atomic E-state index is -10.7. The summed E-state index contributed by atoms with van der Waals surface area (Å²) in [6.45, 7) is 4.74. The van der Waals surface area contributed by atoms with Gasteiger partial charge in [-0.3, -0.25) is 0 Å². The number of morpholine rings is 1. The summed E-state index contributed by atoms with van der Waals surface area (Å²) in [7, 11) is -8.85. The second-order valence-corrected chi connectivity index (χ2v) is 7.27. The van der Waals surface area contributed by atoms with Gasteiger partial charge in [0.1, 0.15) is 12.3 Å². The summed E-state index contributed by atoms with van der Waals surface area (Å²) in [5, 5.41) is 12.3. The molecule has 0 aromatic carbocycles. The second-order valence-electron chi connectivity index (χ2n) is 5.35. The molecule has 1 aliphatic heterocycles. The van der Waals surface area contributed by atoms with E-state index in [0.717, 1.165) is 18.9 Å². The summed E-state index contributed by atoms with van der Waals surface area (Å²) in [6, 6.07) is 1.64. The zero-order chi connectivity index (χ0) is 22.8. The van der Waals surface area contributed by atoms with Crippen molar-refractivity contribution in [3.8, 4) is 6.07 Å². The number of hydrogen-bond donors (Lipinski definition) is 1. The SMILES string of the molecule is CCOC(=O)/C(C#N)=N/OCN(C)/C(=C/[NH3+])N1CCOCC1.F[P-](F)(F)(F)(F)F. The van der Waals surface area contributed by atoms with Crippen molar-refractivity contribution in [3.63, 3.8) is 0 Å². The molecule has 0 aromatic rings. The monoisotopic (exact) mass is 457 g/mol. The number of hydrogen-bond acceptors (Lipinski definition) is 8. The van der Waals surface area contributed by atoms with Crippen LogP contribution in [0, 0.1) is 11.3 Å². The van der Waals surface area contributed by atoms with E-state index in [4.69, 9.17) is 14.8 Å². The second kappa shape index (κ2) is 9.95. The van der Waals surface area contributed by atoms with E-state index < -0.39 is 19.5 Å². The molecule has 3 N–H and O–H groups in total. The van der Waals surface area contributed by atoms with Crippen LogP contribution < -0.4 is 5.73 Å². The van der Waals surface area contributed by atoms with Crippen molar-refractivity contribution < 1.29 is 50.0 Å². The van der Waals surface area contributed by atoms with Crippen LogP contribution in [0.15, 0.2) is 17.2 Å². The Balaban J connectivity index is 0.000000956. The summed E-state index contributed by atoms with van der Waals surface area (Å²) in [5.41, 5.74) is 3.38. The predicted octanol–water partition coefficient (Wildman–Crippen LogP) is 2.09. The van der Waals surface area contributed by atoms with Crippen LogP contribution in [0.3, 0.4) is 0 Å². The van der Waals surface area contributed by atoms with Crippen molar-refractivity contribution in [3.05, 3.63) is 12.0 Å². The van der Waals surface area contributed by atoms with Gasteiger partial charge in [0.05, 0.1) is 19.8 Å². The van der Waals surface area contributed by atoms with Crippen molar-refractivity contribution in [2.75, 3.05) is 46.7 Å². The van der Waals surface area contributed by atoms with Gasteiger partial charge < -0.3 is 29.8 Å². The Hall–Kier alpha value is -2.30. The fraction of sp³-hybridized carbons (Fsp3) is 0.615. The Labute approximate surface area is 162 Å². The Morgan fingerprint density at radius 3 is 2.24 bits per heavy atom. The van der Waals surface area contributed by atoms with Gasteiger partial charge in [-0.1, -0.05) is 5.16 Å². The third-order valence-corrected chi connectivity index (χ3v) is 2.89. The van der Waals surface area contributed by atoms with Crippen LogP contribution in [0.4, 0.5) is 25.2 Å². The average Bonchev–Trinajstić information content (AvgIpc) is 2.58. The van der Waals surface area contributed by atoms with Crippen molar-refractivity contribution in [2.45, 2.75) is 6.92 Å². The van der Waals surface area contributed by atoms with Crippen LogP contribution in [0.1, 0.15) is 6.92 Å². The molecule has 0 radical (unpaired) electrons. The normalized spacial score (nSPS) is 17.7. The standard InChI is InChI=1S/C13H21N5O4.F6P/c1-3-21-13(19)11(8-14)16-22-10-17(2)12(9-15)18-4-6-20-7-5-18;1-7(2,3,4,5)6/h9H,3-7,10,15H2,1-2H3;/q;-1/p+1/b12-9-,16-11+;. The average molecular weight is 457 g/mol. The molecule has 0 bridgehead atoms. The molecule has 0 unspecified atom stereocenters. The quantitative estimate of drug-likeness (QED) is 0.155. The molecule has 0 amide bonds. The maximum absolute atomic E-state index is 11.4. The third kappa shape index (κ3) is 15.3. The topological polar surface area (TPSA) is 115 Å². The Bertz CT molecular complexity index is 647. The van der Waals surface area contributed by atoms with Gasteiger partial charge in [-0.25, -0.2) is 4.79 Å². The van der Waals surface area contributed by atoms with Crippen molar-refractivity contribution in [2.24, 2.45) is 5.16 Å². The first kappa shape index (κ1) is 26.7. The number of esters is 1. The third-order valence-electron chi connectivity index (χ3n) is 2.89. The van der Waals surface area contributed by atoms with Crippen LogP contribution in [0.25, 0.3) is 0 Å². The molecular weight excluding hydrogens is 435 g/mol. The van der Waals surface area contributed by atoms with Gasteiger partial charge in [0.25, 0.3) is 5.71 Å². The van der Waals surface area contributed by atoms with Gasteiger partial charge in [0, 0.05) is 20.1 Å². The van der Waals surface area contributed by atoms with E-state index in [-0.39, 0.29) is 13.3 Å². The van der Waals surface area contributed by atoms with Gasteiger partial charge >= 0.3 is 39.0 Å². The Kier molecular flexibility index (Phi) is 9.16. The first-order chi connectivity index (χ1) is 13.1. The minimum absolute atomic E-state index is 0.0727. The van der Waals surface area contributed by atoms with E-state index in [1.54, 1.807) is 31.1 Å². The molecule has 0 saturated carbocycles. The van der Waals surface area contributed by atoms with Crippen molar-refractivity contribution >= 4 is 19.5 Å². The number of rotatable bonds is 7. The Morgan fingerprint density at radius 2 is 1.83 bits per heavy atom.